The largest absolute Gasteiger partial charge is 0.478 e. The number of H-pyrrole nitrogens is 1. The van der Waals surface area contributed by atoms with Gasteiger partial charge in [-0.15, -0.1) is 11.6 Å². The van der Waals surface area contributed by atoms with Crippen LogP contribution in [0.15, 0.2) is 60.8 Å². The van der Waals surface area contributed by atoms with Crippen molar-refractivity contribution in [3.8, 4) is 0 Å². The minimum atomic E-state index is -6.48. The molecule has 0 bridgehead atoms. The molecule has 0 saturated heterocycles. The highest BCUT2D eigenvalue weighted by Crippen LogP contribution is 2.55. The van der Waals surface area contributed by atoms with Crippen LogP contribution in [0.5, 0.6) is 0 Å². The number of alkyl halides is 8. The fourth-order valence-electron chi connectivity index (χ4n) is 4.71. The number of rotatable bonds is 7. The number of fused-ring (bicyclic) bond motifs is 1. The fraction of sp³-hybridized carbons (Fsp3) is 0.185. The van der Waals surface area contributed by atoms with E-state index in [1.807, 2.05) is 0 Å². The quantitative estimate of drug-likeness (QED) is 0.138. The number of aromatic carboxylic acids is 1. The molecule has 3 aromatic carbocycles. The number of nitrogens with one attached hydrogen (secondary N) is 1. The summed E-state index contributed by atoms with van der Waals surface area (Å²) in [4.78, 5) is 24.2. The van der Waals surface area contributed by atoms with Gasteiger partial charge in [-0.1, -0.05) is 47.5 Å². The van der Waals surface area contributed by atoms with Crippen LogP contribution in [0.3, 0.4) is 0 Å². The Bertz CT molecular complexity index is 1710. The summed E-state index contributed by atoms with van der Waals surface area (Å²) >= 11 is 19.3. The van der Waals surface area contributed by atoms with Crippen LogP contribution in [0.1, 0.15) is 43.0 Å². The standard InChI is InChI=1S/C27H16Cl3F7N2O3/c28-19-7-5-14(9-20(19)29)24(30,18-11-39-21-15(18)2-1-3-16(21)23(41)42)10-13-8-12(22(38)40)4-6-17(13)25(31,26(32,33)34)27(35,36)37/h1-9,11,39H,10H2,(H2,38,40)(H,41,42). The number of carboxylic acid groups (broad SMARTS) is 1. The average molecular weight is 656 g/mol. The first-order chi connectivity index (χ1) is 19.3. The van der Waals surface area contributed by atoms with Gasteiger partial charge in [0.15, 0.2) is 0 Å². The van der Waals surface area contributed by atoms with Gasteiger partial charge in [-0.2, -0.15) is 26.3 Å². The number of halogens is 10. The molecule has 0 aliphatic heterocycles. The lowest BCUT2D eigenvalue weighted by Crippen LogP contribution is -2.51. The highest BCUT2D eigenvalue weighted by molar-refractivity contribution is 6.42. The molecule has 4 aromatic rings. The van der Waals surface area contributed by atoms with Crippen LogP contribution in [-0.4, -0.2) is 34.3 Å². The third kappa shape index (κ3) is 5.16. The molecule has 0 aliphatic rings. The maximum atomic E-state index is 15.4. The van der Waals surface area contributed by atoms with E-state index in [0.29, 0.717) is 12.1 Å². The summed E-state index contributed by atoms with van der Waals surface area (Å²) in [5, 5.41) is 9.65. The first-order valence-electron chi connectivity index (χ1n) is 11.6. The van der Waals surface area contributed by atoms with Crippen molar-refractivity contribution in [2.24, 2.45) is 5.73 Å². The Morgan fingerprint density at radius 3 is 2.05 bits per heavy atom. The Morgan fingerprint density at radius 2 is 1.50 bits per heavy atom. The molecule has 4 N–H and O–H groups in total. The van der Waals surface area contributed by atoms with Gasteiger partial charge in [-0.3, -0.25) is 4.79 Å². The molecule has 0 saturated carbocycles. The molecule has 0 aliphatic carbocycles. The van der Waals surface area contributed by atoms with Crippen LogP contribution < -0.4 is 5.73 Å². The molecule has 4 rings (SSSR count). The summed E-state index contributed by atoms with van der Waals surface area (Å²) < 4.78 is 98.6. The van der Waals surface area contributed by atoms with E-state index in [9.17, 15) is 41.0 Å². The van der Waals surface area contributed by atoms with Crippen molar-refractivity contribution < 1.29 is 45.4 Å². The third-order valence-corrected chi connectivity index (χ3v) is 8.02. The van der Waals surface area contributed by atoms with Gasteiger partial charge in [0.25, 0.3) is 0 Å². The Kier molecular flexibility index (Phi) is 7.98. The van der Waals surface area contributed by atoms with Gasteiger partial charge >= 0.3 is 24.0 Å². The van der Waals surface area contributed by atoms with Gasteiger partial charge in [0, 0.05) is 34.7 Å². The minimum absolute atomic E-state index is 0.0143. The van der Waals surface area contributed by atoms with Crippen molar-refractivity contribution in [2.75, 3.05) is 0 Å². The van der Waals surface area contributed by atoms with Crippen molar-refractivity contribution in [1.29, 1.82) is 0 Å². The summed E-state index contributed by atoms with van der Waals surface area (Å²) in [6.45, 7) is 0. The van der Waals surface area contributed by atoms with Gasteiger partial charge in [0.2, 0.25) is 5.91 Å². The maximum Gasteiger partial charge on any atom is 0.435 e. The topological polar surface area (TPSA) is 96.2 Å². The number of aromatic nitrogens is 1. The van der Waals surface area contributed by atoms with Gasteiger partial charge in [-0.25, -0.2) is 9.18 Å². The zero-order chi connectivity index (χ0) is 31.4. The number of hydrogen-bond donors (Lipinski definition) is 3. The van der Waals surface area contributed by atoms with Crippen molar-refractivity contribution in [3.05, 3.63) is 104 Å². The number of para-hydroxylation sites is 1. The molecule has 0 radical (unpaired) electrons. The molecule has 1 unspecified atom stereocenters. The first-order valence-corrected chi connectivity index (χ1v) is 12.7. The Labute approximate surface area is 247 Å². The summed E-state index contributed by atoms with van der Waals surface area (Å²) in [6, 6.07) is 9.06. The van der Waals surface area contributed by atoms with E-state index in [-0.39, 0.29) is 43.7 Å². The lowest BCUT2D eigenvalue weighted by Gasteiger charge is -2.34. The Hall–Kier alpha value is -3.48. The number of amides is 1. The monoisotopic (exact) mass is 654 g/mol. The van der Waals surface area contributed by atoms with Crippen molar-refractivity contribution in [3.63, 3.8) is 0 Å². The Morgan fingerprint density at radius 1 is 0.857 bits per heavy atom. The second-order valence-corrected chi connectivity index (χ2v) is 10.7. The minimum Gasteiger partial charge on any atom is -0.478 e. The van der Waals surface area contributed by atoms with E-state index in [0.717, 1.165) is 0 Å². The maximum absolute atomic E-state index is 15.4. The molecule has 42 heavy (non-hydrogen) atoms. The second kappa shape index (κ2) is 10.7. The van der Waals surface area contributed by atoms with Gasteiger partial charge in [0.05, 0.1) is 21.1 Å². The van der Waals surface area contributed by atoms with Crippen molar-refractivity contribution >= 4 is 57.6 Å². The number of benzene rings is 3. The van der Waals surface area contributed by atoms with Crippen LogP contribution in [0, 0.1) is 0 Å². The third-order valence-electron chi connectivity index (χ3n) is 6.73. The number of carbonyl (C=O) groups excluding carboxylic acids is 1. The summed E-state index contributed by atoms with van der Waals surface area (Å²) in [5.41, 5.74) is -4.23. The molecule has 1 heterocycles. The van der Waals surface area contributed by atoms with Crippen molar-refractivity contribution in [1.82, 2.24) is 4.98 Å². The predicted octanol–water partition coefficient (Wildman–Crippen LogP) is 8.29. The highest BCUT2D eigenvalue weighted by atomic mass is 35.5. The number of hydrogen-bond acceptors (Lipinski definition) is 2. The number of primary amides is 1. The van der Waals surface area contributed by atoms with Crippen molar-refractivity contribution in [2.45, 2.75) is 29.3 Å². The molecule has 1 atom stereocenters. The Balaban J connectivity index is 2.09. The average Bonchev–Trinajstić information content (AvgIpc) is 3.33. The van der Waals surface area contributed by atoms with E-state index in [2.05, 4.69) is 4.98 Å². The number of carbonyl (C=O) groups is 2. The number of nitrogens with two attached hydrogens (primary N) is 1. The van der Waals surface area contributed by atoms with Gasteiger partial charge in [-0.05, 0) is 41.5 Å². The van der Waals surface area contributed by atoms with E-state index >= 15 is 4.39 Å². The summed E-state index contributed by atoms with van der Waals surface area (Å²) in [7, 11) is 0. The molecule has 222 valence electrons. The lowest BCUT2D eigenvalue weighted by molar-refractivity contribution is -0.348. The number of aromatic amines is 1. The van der Waals surface area contributed by atoms with Gasteiger partial charge in [0.1, 0.15) is 4.87 Å². The SMILES string of the molecule is NC(=O)c1ccc(C(F)(C(F)(F)F)C(F)(F)F)c(CC(Cl)(c2ccc(Cl)c(Cl)c2)c2c[nH]c3c(C(=O)O)cccc23)c1. The molecule has 15 heteroatoms. The van der Waals surface area contributed by atoms with Crippen LogP contribution in [-0.2, 0) is 17.0 Å². The zero-order valence-electron chi connectivity index (χ0n) is 20.6. The first kappa shape index (κ1) is 31.5. The van der Waals surface area contributed by atoms with Gasteiger partial charge < -0.3 is 15.8 Å². The van der Waals surface area contributed by atoms with Crippen LogP contribution >= 0.6 is 34.8 Å². The van der Waals surface area contributed by atoms with Crippen LogP contribution in [0.2, 0.25) is 10.0 Å². The molecule has 0 fully saturated rings. The second-order valence-electron chi connectivity index (χ2n) is 9.23. The normalized spacial score (nSPS) is 14.1. The van der Waals surface area contributed by atoms with Crippen LogP contribution in [0.4, 0.5) is 30.7 Å². The summed E-state index contributed by atoms with van der Waals surface area (Å²) in [5.74, 6) is -2.57. The van der Waals surface area contributed by atoms with E-state index in [1.54, 1.807) is 0 Å². The molecule has 1 amide bonds. The highest BCUT2D eigenvalue weighted by Gasteiger charge is 2.74. The molecule has 1 aromatic heterocycles. The van der Waals surface area contributed by atoms with Crippen LogP contribution in [0.25, 0.3) is 10.9 Å². The fourth-order valence-corrected chi connectivity index (χ4v) is 5.43. The predicted molar refractivity (Wildman–Crippen MR) is 142 cm³/mol. The van der Waals surface area contributed by atoms with E-state index in [4.69, 9.17) is 40.5 Å². The molecular weight excluding hydrogens is 640 g/mol. The summed E-state index contributed by atoms with van der Waals surface area (Å²) in [6.07, 6.45) is -12.8. The molecular formula is C27H16Cl3F7N2O3. The number of carboxylic acids is 1. The molecule has 5 nitrogen and oxygen atoms in total. The zero-order valence-corrected chi connectivity index (χ0v) is 22.9. The molecule has 0 spiro atoms. The smallest absolute Gasteiger partial charge is 0.435 e. The lowest BCUT2D eigenvalue weighted by atomic mass is 9.80. The van der Waals surface area contributed by atoms with E-state index < -0.39 is 57.9 Å². The van der Waals surface area contributed by atoms with E-state index in [1.165, 1.54) is 42.6 Å².